The molecule has 21 heavy (non-hydrogen) atoms. The Morgan fingerprint density at radius 1 is 1.29 bits per heavy atom. The Labute approximate surface area is 128 Å². The molecule has 1 fully saturated rings. The van der Waals surface area contributed by atoms with E-state index in [1.54, 1.807) is 11.3 Å². The van der Waals surface area contributed by atoms with E-state index in [1.165, 1.54) is 23.1 Å². The molecule has 0 saturated carbocycles. The van der Waals surface area contributed by atoms with Gasteiger partial charge in [-0.15, -0.1) is 0 Å². The molecule has 4 nitrogen and oxygen atoms in total. The first-order valence-corrected chi connectivity index (χ1v) is 8.49. The average molecular weight is 301 g/mol. The van der Waals surface area contributed by atoms with Crippen LogP contribution in [0.3, 0.4) is 0 Å². The molecule has 5 heteroatoms. The summed E-state index contributed by atoms with van der Waals surface area (Å²) in [4.78, 5) is 18.7. The van der Waals surface area contributed by atoms with E-state index in [0.29, 0.717) is 6.42 Å². The lowest BCUT2D eigenvalue weighted by Crippen LogP contribution is -2.32. The summed E-state index contributed by atoms with van der Waals surface area (Å²) in [6.45, 7) is 4.54. The van der Waals surface area contributed by atoms with Gasteiger partial charge in [0.1, 0.15) is 0 Å². The first-order valence-electron chi connectivity index (χ1n) is 7.67. The van der Waals surface area contributed by atoms with Crippen LogP contribution in [0.4, 0.5) is 10.8 Å². The lowest BCUT2D eigenvalue weighted by atomic mass is 10.00. The van der Waals surface area contributed by atoms with Gasteiger partial charge in [0.15, 0.2) is 5.13 Å². The molecule has 2 aromatic rings. The minimum absolute atomic E-state index is 0.113. The van der Waals surface area contributed by atoms with Gasteiger partial charge in [-0.3, -0.25) is 4.79 Å². The number of carbonyl (C=O) groups is 1. The Kier molecular flexibility index (Phi) is 3.10. The molecule has 0 bridgehead atoms. The lowest BCUT2D eigenvalue weighted by Gasteiger charge is -2.29. The minimum atomic E-state index is 0.113. The Bertz CT molecular complexity index is 701. The predicted molar refractivity (Wildman–Crippen MR) is 87.2 cm³/mol. The Morgan fingerprint density at radius 2 is 2.10 bits per heavy atom. The summed E-state index contributed by atoms with van der Waals surface area (Å²) >= 11 is 1.78. The van der Waals surface area contributed by atoms with Crippen LogP contribution in [0, 0.1) is 5.92 Å². The van der Waals surface area contributed by atoms with E-state index in [-0.39, 0.29) is 5.91 Å². The van der Waals surface area contributed by atoms with E-state index in [1.807, 2.05) is 6.07 Å². The maximum Gasteiger partial charge on any atom is 0.224 e. The fourth-order valence-electron chi connectivity index (χ4n) is 3.12. The summed E-state index contributed by atoms with van der Waals surface area (Å²) in [6, 6.07) is 4.24. The molecule has 1 aromatic carbocycles. The molecule has 2 aliphatic heterocycles. The van der Waals surface area contributed by atoms with Gasteiger partial charge in [-0.2, -0.15) is 0 Å². The fourth-order valence-corrected chi connectivity index (χ4v) is 4.19. The standard InChI is InChI=1S/C16H19N3OS/c1-10-4-6-19(7-5-10)16-18-13-9-12-11(8-14(13)21-16)2-3-15(20)17-12/h8-10H,2-7H2,1H3,(H,17,20). The van der Waals surface area contributed by atoms with E-state index >= 15 is 0 Å². The van der Waals surface area contributed by atoms with Crippen molar-refractivity contribution in [2.75, 3.05) is 23.3 Å². The van der Waals surface area contributed by atoms with E-state index in [0.717, 1.165) is 41.8 Å². The summed E-state index contributed by atoms with van der Waals surface area (Å²) in [5, 5.41) is 4.09. The van der Waals surface area contributed by atoms with Crippen molar-refractivity contribution in [3.8, 4) is 0 Å². The van der Waals surface area contributed by atoms with Crippen LogP contribution in [0.1, 0.15) is 31.7 Å². The number of amides is 1. The van der Waals surface area contributed by atoms with Crippen molar-refractivity contribution in [1.82, 2.24) is 4.98 Å². The van der Waals surface area contributed by atoms with Gasteiger partial charge in [0.25, 0.3) is 0 Å². The van der Waals surface area contributed by atoms with Gasteiger partial charge in [-0.1, -0.05) is 18.3 Å². The first-order chi connectivity index (χ1) is 10.2. The predicted octanol–water partition coefficient (Wildman–Crippen LogP) is 3.42. The second-order valence-corrected chi connectivity index (χ2v) is 7.20. The molecule has 1 aromatic heterocycles. The van der Waals surface area contributed by atoms with Crippen LogP contribution in [0.5, 0.6) is 0 Å². The number of nitrogens with zero attached hydrogens (tertiary/aromatic N) is 2. The zero-order valence-corrected chi connectivity index (χ0v) is 13.0. The van der Waals surface area contributed by atoms with Crippen LogP contribution in [0.25, 0.3) is 10.2 Å². The monoisotopic (exact) mass is 301 g/mol. The summed E-state index contributed by atoms with van der Waals surface area (Å²) in [7, 11) is 0. The average Bonchev–Trinajstić information content (AvgIpc) is 2.88. The van der Waals surface area contributed by atoms with Crippen LogP contribution in [0.15, 0.2) is 12.1 Å². The molecule has 0 radical (unpaired) electrons. The third-order valence-corrected chi connectivity index (χ3v) is 5.63. The summed E-state index contributed by atoms with van der Waals surface area (Å²) in [6.07, 6.45) is 3.94. The molecular weight excluding hydrogens is 282 g/mol. The van der Waals surface area contributed by atoms with Gasteiger partial charge in [-0.05, 0) is 42.9 Å². The van der Waals surface area contributed by atoms with E-state index in [9.17, 15) is 4.79 Å². The molecule has 1 amide bonds. The molecule has 2 aliphatic rings. The van der Waals surface area contributed by atoms with Crippen LogP contribution >= 0.6 is 11.3 Å². The van der Waals surface area contributed by atoms with Gasteiger partial charge in [0.05, 0.1) is 10.2 Å². The van der Waals surface area contributed by atoms with Gasteiger partial charge in [0, 0.05) is 25.2 Å². The van der Waals surface area contributed by atoms with Crippen molar-refractivity contribution in [2.24, 2.45) is 5.92 Å². The van der Waals surface area contributed by atoms with Gasteiger partial charge >= 0.3 is 0 Å². The maximum atomic E-state index is 11.5. The summed E-state index contributed by atoms with van der Waals surface area (Å²) < 4.78 is 1.23. The highest BCUT2D eigenvalue weighted by molar-refractivity contribution is 7.22. The van der Waals surface area contributed by atoms with Crippen LogP contribution in [0.2, 0.25) is 0 Å². The van der Waals surface area contributed by atoms with Crippen molar-refractivity contribution in [3.05, 3.63) is 17.7 Å². The molecule has 0 aliphatic carbocycles. The number of thiazole rings is 1. The number of aryl methyl sites for hydroxylation is 1. The summed E-state index contributed by atoms with van der Waals surface area (Å²) in [5.41, 5.74) is 3.20. The number of hydrogen-bond acceptors (Lipinski definition) is 4. The van der Waals surface area contributed by atoms with Crippen LogP contribution in [-0.2, 0) is 11.2 Å². The first kappa shape index (κ1) is 13.1. The number of benzene rings is 1. The Balaban J connectivity index is 1.68. The molecular formula is C16H19N3OS. The number of aromatic nitrogens is 1. The quantitative estimate of drug-likeness (QED) is 0.878. The van der Waals surface area contributed by atoms with Crippen LogP contribution in [-0.4, -0.2) is 24.0 Å². The number of anilines is 2. The third-order valence-electron chi connectivity index (χ3n) is 4.55. The zero-order chi connectivity index (χ0) is 14.4. The topological polar surface area (TPSA) is 45.2 Å². The van der Waals surface area contributed by atoms with Crippen molar-refractivity contribution < 1.29 is 4.79 Å². The van der Waals surface area contributed by atoms with Crippen LogP contribution < -0.4 is 10.2 Å². The number of fused-ring (bicyclic) bond motifs is 2. The number of hydrogen-bond donors (Lipinski definition) is 1. The van der Waals surface area contributed by atoms with E-state index in [4.69, 9.17) is 4.98 Å². The normalized spacial score (nSPS) is 19.7. The highest BCUT2D eigenvalue weighted by Gasteiger charge is 2.21. The second kappa shape index (κ2) is 4.98. The number of piperidine rings is 1. The van der Waals surface area contributed by atoms with Crippen molar-refractivity contribution >= 4 is 38.3 Å². The van der Waals surface area contributed by atoms with Crippen molar-refractivity contribution in [1.29, 1.82) is 0 Å². The minimum Gasteiger partial charge on any atom is -0.348 e. The smallest absolute Gasteiger partial charge is 0.224 e. The molecule has 1 saturated heterocycles. The summed E-state index contributed by atoms with van der Waals surface area (Å²) in [5.74, 6) is 0.945. The third kappa shape index (κ3) is 2.39. The molecule has 0 atom stereocenters. The van der Waals surface area contributed by atoms with E-state index in [2.05, 4.69) is 23.2 Å². The van der Waals surface area contributed by atoms with Crippen molar-refractivity contribution in [2.45, 2.75) is 32.6 Å². The molecule has 3 heterocycles. The Hall–Kier alpha value is -1.62. The number of carbonyl (C=O) groups excluding carboxylic acids is 1. The molecule has 4 rings (SSSR count). The zero-order valence-electron chi connectivity index (χ0n) is 12.2. The second-order valence-electron chi connectivity index (χ2n) is 6.19. The SMILES string of the molecule is CC1CCN(c2nc3cc4c(cc3s2)CCC(=O)N4)CC1. The van der Waals surface area contributed by atoms with E-state index < -0.39 is 0 Å². The van der Waals surface area contributed by atoms with Gasteiger partial charge in [-0.25, -0.2) is 4.98 Å². The largest absolute Gasteiger partial charge is 0.348 e. The van der Waals surface area contributed by atoms with Gasteiger partial charge in [0.2, 0.25) is 5.91 Å². The molecule has 110 valence electrons. The van der Waals surface area contributed by atoms with Crippen molar-refractivity contribution in [3.63, 3.8) is 0 Å². The number of rotatable bonds is 1. The molecule has 0 unspecified atom stereocenters. The van der Waals surface area contributed by atoms with Gasteiger partial charge < -0.3 is 10.2 Å². The highest BCUT2D eigenvalue weighted by Crippen LogP contribution is 2.35. The number of nitrogens with one attached hydrogen (secondary N) is 1. The molecule has 1 N–H and O–H groups in total. The lowest BCUT2D eigenvalue weighted by molar-refractivity contribution is -0.116. The maximum absolute atomic E-state index is 11.5. The molecule has 0 spiro atoms. The highest BCUT2D eigenvalue weighted by atomic mass is 32.1. The fraction of sp³-hybridized carbons (Fsp3) is 0.500. The Morgan fingerprint density at radius 3 is 2.90 bits per heavy atom.